The van der Waals surface area contributed by atoms with E-state index in [-0.39, 0.29) is 10.8 Å². The smallest absolute Gasteiger partial charge is 0.353 e. The molecular weight excluding hydrogens is 582 g/mol. The van der Waals surface area contributed by atoms with E-state index < -0.39 is 17.6 Å². The molecule has 0 aliphatic carbocycles. The Balaban J connectivity index is 1.20. The van der Waals surface area contributed by atoms with E-state index in [2.05, 4.69) is 19.7 Å². The lowest BCUT2D eigenvalue weighted by Crippen LogP contribution is -2.47. The molecule has 0 saturated carbocycles. The summed E-state index contributed by atoms with van der Waals surface area (Å²) in [6.45, 7) is 6.96. The van der Waals surface area contributed by atoms with Gasteiger partial charge in [0.05, 0.1) is 16.3 Å². The van der Waals surface area contributed by atoms with Gasteiger partial charge in [0, 0.05) is 57.1 Å². The second-order valence-corrected chi connectivity index (χ2v) is 12.1. The Morgan fingerprint density at radius 1 is 0.837 bits per heavy atom. The number of pyridine rings is 1. The zero-order valence-corrected chi connectivity index (χ0v) is 24.8. The van der Waals surface area contributed by atoms with E-state index in [1.807, 2.05) is 6.07 Å². The van der Waals surface area contributed by atoms with Crippen LogP contribution >= 0.6 is 11.6 Å². The number of nitrogens with zero attached hydrogens (tertiary/aromatic N) is 7. The van der Waals surface area contributed by atoms with Crippen molar-refractivity contribution in [3.05, 3.63) is 59.0 Å². The maximum atomic E-state index is 14.0. The van der Waals surface area contributed by atoms with Crippen molar-refractivity contribution in [2.75, 3.05) is 73.6 Å². The lowest BCUT2D eigenvalue weighted by atomic mass is 9.93. The van der Waals surface area contributed by atoms with Gasteiger partial charge in [-0.15, -0.1) is 0 Å². The Labute approximate surface area is 254 Å². The highest BCUT2D eigenvalue weighted by Crippen LogP contribution is 2.36. The quantitative estimate of drug-likeness (QED) is 0.285. The van der Waals surface area contributed by atoms with Gasteiger partial charge in [0.25, 0.3) is 0 Å². The molecule has 7 nitrogen and oxygen atoms in total. The molecule has 1 aromatic carbocycles. The first-order valence-corrected chi connectivity index (χ1v) is 15.5. The van der Waals surface area contributed by atoms with Gasteiger partial charge in [0.1, 0.15) is 17.5 Å². The summed E-state index contributed by atoms with van der Waals surface area (Å²) >= 11 is 6.12. The second kappa shape index (κ2) is 12.8. The van der Waals surface area contributed by atoms with E-state index in [4.69, 9.17) is 21.6 Å². The molecule has 43 heavy (non-hydrogen) atoms. The van der Waals surface area contributed by atoms with Crippen LogP contribution in [0.1, 0.15) is 37.7 Å². The van der Waals surface area contributed by atoms with Gasteiger partial charge in [-0.25, -0.2) is 14.4 Å². The molecule has 0 radical (unpaired) electrons. The van der Waals surface area contributed by atoms with Crippen LogP contribution in [0.2, 0.25) is 5.02 Å². The second-order valence-electron chi connectivity index (χ2n) is 11.7. The number of benzene rings is 1. The van der Waals surface area contributed by atoms with Crippen molar-refractivity contribution in [3.8, 4) is 11.3 Å². The maximum Gasteiger partial charge on any atom is 0.419 e. The molecule has 2 aromatic heterocycles. The number of likely N-dealkylation sites (tertiary alicyclic amines) is 1. The third kappa shape index (κ3) is 6.98. The molecule has 230 valence electrons. The highest BCUT2D eigenvalue weighted by molar-refractivity contribution is 6.31. The summed E-state index contributed by atoms with van der Waals surface area (Å²) in [5, 5.41) is 0.0162. The molecule has 3 aliphatic rings. The largest absolute Gasteiger partial charge is 0.419 e. The highest BCUT2D eigenvalue weighted by atomic mass is 35.5. The lowest BCUT2D eigenvalue weighted by Gasteiger charge is -2.37. The zero-order chi connectivity index (χ0) is 30.0. The van der Waals surface area contributed by atoms with E-state index in [1.54, 1.807) is 17.0 Å². The van der Waals surface area contributed by atoms with Gasteiger partial charge in [-0.05, 0) is 88.0 Å². The summed E-state index contributed by atoms with van der Waals surface area (Å²) in [4.78, 5) is 22.4. The minimum Gasteiger partial charge on any atom is -0.353 e. The number of hydrogen-bond donors (Lipinski definition) is 0. The first-order chi connectivity index (χ1) is 20.7. The normalized spacial score (nSPS) is 19.0. The van der Waals surface area contributed by atoms with Crippen molar-refractivity contribution in [2.24, 2.45) is 5.92 Å². The molecule has 0 bridgehead atoms. The summed E-state index contributed by atoms with van der Waals surface area (Å²) in [5.41, 5.74) is 0.579. The Kier molecular flexibility index (Phi) is 8.90. The molecule has 3 aliphatic heterocycles. The predicted octanol–water partition coefficient (Wildman–Crippen LogP) is 6.38. The van der Waals surface area contributed by atoms with Gasteiger partial charge in [-0.2, -0.15) is 18.2 Å². The molecule has 0 amide bonds. The van der Waals surface area contributed by atoms with Crippen molar-refractivity contribution in [3.63, 3.8) is 0 Å². The van der Waals surface area contributed by atoms with Crippen LogP contribution in [-0.2, 0) is 6.18 Å². The van der Waals surface area contributed by atoms with Gasteiger partial charge in [-0.3, -0.25) is 0 Å². The van der Waals surface area contributed by atoms with Crippen LogP contribution in [-0.4, -0.2) is 78.8 Å². The fourth-order valence-electron chi connectivity index (χ4n) is 6.34. The van der Waals surface area contributed by atoms with Crippen molar-refractivity contribution in [2.45, 2.75) is 38.3 Å². The van der Waals surface area contributed by atoms with Crippen LogP contribution in [0.4, 0.5) is 35.1 Å². The fourth-order valence-corrected chi connectivity index (χ4v) is 6.52. The molecule has 5 heterocycles. The van der Waals surface area contributed by atoms with E-state index in [9.17, 15) is 17.6 Å². The molecular formula is C31H36ClF4N7. The number of piperazine rings is 1. The van der Waals surface area contributed by atoms with Gasteiger partial charge in [0.2, 0.25) is 5.95 Å². The summed E-state index contributed by atoms with van der Waals surface area (Å²) < 4.78 is 54.9. The van der Waals surface area contributed by atoms with Gasteiger partial charge in [0.15, 0.2) is 0 Å². The number of aromatic nitrogens is 3. The third-order valence-corrected chi connectivity index (χ3v) is 9.15. The standard InChI is InChI=1S/C31H36ClF4N7/c32-25-20-23(5-6-26(25)33)27-21-28(41-16-18-42(19-17-41)29-24(31(34,35)36)4-3-10-37-29)39-30(38-27)43-14-8-22(9-15-43)7-13-40-11-1-2-12-40/h3-6,10,20-22H,1-2,7-9,11-19H2. The lowest BCUT2D eigenvalue weighted by molar-refractivity contribution is -0.137. The average molecular weight is 618 g/mol. The third-order valence-electron chi connectivity index (χ3n) is 8.86. The minimum atomic E-state index is -4.48. The summed E-state index contributed by atoms with van der Waals surface area (Å²) in [6.07, 6.45) is 2.89. The Morgan fingerprint density at radius 2 is 1.56 bits per heavy atom. The molecule has 3 saturated heterocycles. The van der Waals surface area contributed by atoms with Gasteiger partial charge >= 0.3 is 6.18 Å². The van der Waals surface area contributed by atoms with E-state index in [0.717, 1.165) is 32.0 Å². The van der Waals surface area contributed by atoms with E-state index in [0.29, 0.717) is 55.1 Å². The number of hydrogen-bond acceptors (Lipinski definition) is 7. The topological polar surface area (TPSA) is 51.6 Å². The zero-order valence-electron chi connectivity index (χ0n) is 24.0. The van der Waals surface area contributed by atoms with Gasteiger partial charge in [-0.1, -0.05) is 11.6 Å². The summed E-state index contributed by atoms with van der Waals surface area (Å²) in [5.74, 6) is 1.43. The number of piperidine rings is 1. The number of halogens is 5. The Morgan fingerprint density at radius 3 is 2.26 bits per heavy atom. The monoisotopic (exact) mass is 617 g/mol. The molecule has 6 rings (SSSR count). The average Bonchev–Trinajstić information content (AvgIpc) is 3.55. The van der Waals surface area contributed by atoms with Crippen LogP contribution < -0.4 is 14.7 Å². The molecule has 0 spiro atoms. The van der Waals surface area contributed by atoms with E-state index in [1.165, 1.54) is 57.2 Å². The molecule has 0 N–H and O–H groups in total. The van der Waals surface area contributed by atoms with Crippen LogP contribution in [0.25, 0.3) is 11.3 Å². The number of alkyl halides is 3. The minimum absolute atomic E-state index is 0.0162. The Hall–Kier alpha value is -3.18. The van der Waals surface area contributed by atoms with Crippen LogP contribution in [0.3, 0.4) is 0 Å². The molecule has 12 heteroatoms. The fraction of sp³-hybridized carbons (Fsp3) is 0.516. The molecule has 0 unspecified atom stereocenters. The number of anilines is 3. The SMILES string of the molecule is Fc1ccc(-c2cc(N3CCN(c4ncccc4C(F)(F)F)CC3)nc(N3CCC(CCN4CCCC4)CC3)n2)cc1Cl. The highest BCUT2D eigenvalue weighted by Gasteiger charge is 2.36. The van der Waals surface area contributed by atoms with Crippen LogP contribution in [0, 0.1) is 11.7 Å². The van der Waals surface area contributed by atoms with Crippen molar-refractivity contribution in [1.29, 1.82) is 0 Å². The first-order valence-electron chi connectivity index (χ1n) is 15.1. The summed E-state index contributed by atoms with van der Waals surface area (Å²) in [6, 6.07) is 8.78. The van der Waals surface area contributed by atoms with E-state index >= 15 is 0 Å². The predicted molar refractivity (Wildman–Crippen MR) is 161 cm³/mol. The maximum absolute atomic E-state index is 14.0. The van der Waals surface area contributed by atoms with Crippen molar-refractivity contribution < 1.29 is 17.6 Å². The van der Waals surface area contributed by atoms with Crippen LogP contribution in [0.5, 0.6) is 0 Å². The summed E-state index contributed by atoms with van der Waals surface area (Å²) in [7, 11) is 0. The number of rotatable bonds is 7. The molecule has 3 aromatic rings. The van der Waals surface area contributed by atoms with Crippen molar-refractivity contribution in [1.82, 2.24) is 19.9 Å². The molecule has 0 atom stereocenters. The van der Waals surface area contributed by atoms with Crippen molar-refractivity contribution >= 4 is 29.2 Å². The first kappa shape index (κ1) is 29.9. The van der Waals surface area contributed by atoms with Crippen LogP contribution in [0.15, 0.2) is 42.6 Å². The molecule has 3 fully saturated rings. The Bertz CT molecular complexity index is 1400. The van der Waals surface area contributed by atoms with Gasteiger partial charge < -0.3 is 19.6 Å².